The van der Waals surface area contributed by atoms with Crippen molar-refractivity contribution in [2.24, 2.45) is 0 Å². The molecule has 8 heteroatoms. The molecular formula is C11H15N2O6-. The lowest BCUT2D eigenvalue weighted by Crippen LogP contribution is -2.55. The average molecular weight is 271 g/mol. The maximum atomic E-state index is 10.7. The molecule has 0 aromatic heterocycles. The van der Waals surface area contributed by atoms with Gasteiger partial charge in [0.1, 0.15) is 18.3 Å². The van der Waals surface area contributed by atoms with Crippen molar-refractivity contribution in [2.45, 2.75) is 24.5 Å². The molecule has 0 aliphatic carbocycles. The van der Waals surface area contributed by atoms with Crippen LogP contribution in [0.3, 0.4) is 0 Å². The van der Waals surface area contributed by atoms with Crippen molar-refractivity contribution >= 4 is 11.4 Å². The molecule has 1 aromatic rings. The lowest BCUT2D eigenvalue weighted by Gasteiger charge is -2.36. The van der Waals surface area contributed by atoms with Gasteiger partial charge in [-0.15, -0.1) is 0 Å². The van der Waals surface area contributed by atoms with Gasteiger partial charge in [0.05, 0.1) is 12.3 Å². The molecule has 0 saturated carbocycles. The minimum Gasteiger partial charge on any atom is -0.733 e. The van der Waals surface area contributed by atoms with E-state index in [2.05, 4.69) is 5.32 Å². The summed E-state index contributed by atoms with van der Waals surface area (Å²) in [6.07, 6.45) is -4.70. The standard InChI is InChI=1S/C11H15N2O6/c14-8-5-19-11(10(16)9(8)15)12-6-2-1-3-7(4-6)13(17)18/h1-4,8-12,14-17H,5H2/q-1/t8-,9-,10-,11-/m1/s1. The molecule has 1 aliphatic heterocycles. The van der Waals surface area contributed by atoms with E-state index >= 15 is 0 Å². The third kappa shape index (κ3) is 3.13. The zero-order valence-electron chi connectivity index (χ0n) is 9.88. The molecule has 8 nitrogen and oxygen atoms in total. The highest BCUT2D eigenvalue weighted by atomic mass is 16.8. The highest BCUT2D eigenvalue weighted by Crippen LogP contribution is 2.22. The fraction of sp³-hybridized carbons (Fsp3) is 0.455. The van der Waals surface area contributed by atoms with Gasteiger partial charge in [0.25, 0.3) is 0 Å². The quantitative estimate of drug-likeness (QED) is 0.453. The van der Waals surface area contributed by atoms with Gasteiger partial charge in [0, 0.05) is 5.69 Å². The summed E-state index contributed by atoms with van der Waals surface area (Å²) in [6.45, 7) is -0.122. The Kier molecular flexibility index (Phi) is 4.20. The van der Waals surface area contributed by atoms with Crippen LogP contribution in [-0.2, 0) is 4.74 Å². The second-order valence-electron chi connectivity index (χ2n) is 4.27. The molecule has 0 bridgehead atoms. The normalized spacial score (nSPS) is 31.0. The van der Waals surface area contributed by atoms with Crippen LogP contribution in [0.2, 0.25) is 0 Å². The van der Waals surface area contributed by atoms with E-state index in [9.17, 15) is 20.5 Å². The molecule has 0 spiro atoms. The molecule has 19 heavy (non-hydrogen) atoms. The van der Waals surface area contributed by atoms with E-state index in [4.69, 9.17) is 9.94 Å². The molecule has 1 aromatic carbocycles. The molecule has 106 valence electrons. The van der Waals surface area contributed by atoms with Crippen molar-refractivity contribution in [3.05, 3.63) is 29.5 Å². The lowest BCUT2D eigenvalue weighted by atomic mass is 10.0. The van der Waals surface area contributed by atoms with Crippen LogP contribution in [0.25, 0.3) is 0 Å². The number of hydrogen-bond donors (Lipinski definition) is 5. The van der Waals surface area contributed by atoms with Crippen molar-refractivity contribution in [1.29, 1.82) is 0 Å². The minimum absolute atomic E-state index is 0.0101. The van der Waals surface area contributed by atoms with Crippen LogP contribution in [0.1, 0.15) is 0 Å². The third-order valence-corrected chi connectivity index (χ3v) is 2.88. The molecule has 1 heterocycles. The molecule has 1 saturated heterocycles. The zero-order chi connectivity index (χ0) is 14.0. The number of hydrogen-bond acceptors (Lipinski definition) is 8. The van der Waals surface area contributed by atoms with E-state index in [1.165, 1.54) is 18.2 Å². The number of nitrogens with zero attached hydrogens (tertiary/aromatic N) is 1. The number of benzene rings is 1. The van der Waals surface area contributed by atoms with Crippen molar-refractivity contribution < 1.29 is 25.3 Å². The molecule has 0 radical (unpaired) electrons. The summed E-state index contributed by atoms with van der Waals surface area (Å²) in [4.78, 5) is 0. The second-order valence-corrected chi connectivity index (χ2v) is 4.27. The van der Waals surface area contributed by atoms with Crippen LogP contribution in [0.15, 0.2) is 24.3 Å². The first-order valence-electron chi connectivity index (χ1n) is 5.67. The van der Waals surface area contributed by atoms with Crippen LogP contribution in [0, 0.1) is 5.21 Å². The molecule has 1 fully saturated rings. The van der Waals surface area contributed by atoms with Crippen molar-refractivity contribution in [2.75, 3.05) is 17.2 Å². The van der Waals surface area contributed by atoms with Gasteiger partial charge in [-0.1, -0.05) is 6.07 Å². The molecule has 4 atom stereocenters. The largest absolute Gasteiger partial charge is 0.733 e. The molecule has 1 aliphatic rings. The highest BCUT2D eigenvalue weighted by molar-refractivity contribution is 5.57. The number of anilines is 2. The maximum Gasteiger partial charge on any atom is 0.156 e. The number of aliphatic hydroxyl groups excluding tert-OH is 3. The molecule has 5 N–H and O–H groups in total. The van der Waals surface area contributed by atoms with Gasteiger partial charge in [-0.25, -0.2) is 0 Å². The van der Waals surface area contributed by atoms with E-state index in [-0.39, 0.29) is 17.5 Å². The first-order valence-corrected chi connectivity index (χ1v) is 5.67. The number of nitrogens with one attached hydrogen (secondary N) is 1. The van der Waals surface area contributed by atoms with Gasteiger partial charge in [0.2, 0.25) is 0 Å². The van der Waals surface area contributed by atoms with Crippen LogP contribution in [0.5, 0.6) is 0 Å². The summed E-state index contributed by atoms with van der Waals surface area (Å²) in [5.74, 6) is 0. The maximum absolute atomic E-state index is 10.7. The van der Waals surface area contributed by atoms with Gasteiger partial charge in [-0.3, -0.25) is 5.21 Å². The predicted molar refractivity (Wildman–Crippen MR) is 65.5 cm³/mol. The predicted octanol–water partition coefficient (Wildman–Crippen LogP) is -0.769. The monoisotopic (exact) mass is 271 g/mol. The molecule has 2 rings (SSSR count). The Labute approximate surface area is 109 Å². The summed E-state index contributed by atoms with van der Waals surface area (Å²) in [5, 5.41) is 50.5. The summed E-state index contributed by atoms with van der Waals surface area (Å²) in [5.41, 5.74) is 0.427. The second kappa shape index (κ2) is 5.70. The Bertz CT molecular complexity index is 429. The minimum atomic E-state index is -1.32. The summed E-state index contributed by atoms with van der Waals surface area (Å²) in [7, 11) is 0. The van der Waals surface area contributed by atoms with Gasteiger partial charge in [-0.2, -0.15) is 0 Å². The Balaban J connectivity index is 2.06. The van der Waals surface area contributed by atoms with Crippen molar-refractivity contribution in [3.8, 4) is 0 Å². The van der Waals surface area contributed by atoms with Gasteiger partial charge in [-0.05, 0) is 18.2 Å². The SMILES string of the molecule is [O-]N(O)c1cccc(N[C@@H]2OC[C@@H](O)[C@@H](O)[C@H]2O)c1. The lowest BCUT2D eigenvalue weighted by molar-refractivity contribution is -0.178. The van der Waals surface area contributed by atoms with E-state index in [1.807, 2.05) is 0 Å². The van der Waals surface area contributed by atoms with Crippen LogP contribution >= 0.6 is 0 Å². The fourth-order valence-electron chi connectivity index (χ4n) is 1.81. The Hall–Kier alpha value is -1.42. The van der Waals surface area contributed by atoms with Gasteiger partial charge >= 0.3 is 0 Å². The van der Waals surface area contributed by atoms with Gasteiger partial charge in [0.15, 0.2) is 6.23 Å². The smallest absolute Gasteiger partial charge is 0.156 e. The topological polar surface area (TPSA) is 128 Å². The first kappa shape index (κ1) is 14.0. The highest BCUT2D eigenvalue weighted by Gasteiger charge is 2.37. The van der Waals surface area contributed by atoms with E-state index in [0.717, 1.165) is 0 Å². The summed E-state index contributed by atoms with van der Waals surface area (Å²) in [6, 6.07) is 5.87. The summed E-state index contributed by atoms with van der Waals surface area (Å²) < 4.78 is 5.15. The van der Waals surface area contributed by atoms with Crippen LogP contribution < -0.4 is 10.5 Å². The third-order valence-electron chi connectivity index (χ3n) is 2.88. The van der Waals surface area contributed by atoms with E-state index in [1.54, 1.807) is 6.07 Å². The Morgan fingerprint density at radius 2 is 2.00 bits per heavy atom. The molecular weight excluding hydrogens is 256 g/mol. The van der Waals surface area contributed by atoms with Crippen molar-refractivity contribution in [1.82, 2.24) is 0 Å². The van der Waals surface area contributed by atoms with Crippen LogP contribution in [-0.4, -0.2) is 51.7 Å². The Morgan fingerprint density at radius 1 is 1.26 bits per heavy atom. The van der Waals surface area contributed by atoms with Gasteiger partial charge < -0.3 is 35.8 Å². The number of rotatable bonds is 3. The van der Waals surface area contributed by atoms with Crippen molar-refractivity contribution in [3.63, 3.8) is 0 Å². The number of aliphatic hydroxyl groups is 3. The van der Waals surface area contributed by atoms with Crippen LogP contribution in [0.4, 0.5) is 11.4 Å². The molecule has 0 amide bonds. The number of ether oxygens (including phenoxy) is 1. The summed E-state index contributed by atoms with van der Waals surface area (Å²) >= 11 is 0. The van der Waals surface area contributed by atoms with E-state index in [0.29, 0.717) is 5.69 Å². The average Bonchev–Trinajstić information content (AvgIpc) is 2.40. The Morgan fingerprint density at radius 3 is 2.68 bits per heavy atom. The fourth-order valence-corrected chi connectivity index (χ4v) is 1.81. The zero-order valence-corrected chi connectivity index (χ0v) is 9.88. The molecule has 0 unspecified atom stereocenters. The van der Waals surface area contributed by atoms with E-state index < -0.39 is 24.5 Å². The first-order chi connectivity index (χ1) is 8.99.